The third kappa shape index (κ3) is 26.5. The van der Waals surface area contributed by atoms with Gasteiger partial charge in [0.1, 0.15) is 38.0 Å². The van der Waals surface area contributed by atoms with Crippen LogP contribution in [-0.4, -0.2) is 207 Å². The van der Waals surface area contributed by atoms with Gasteiger partial charge in [-0.1, -0.05) is 78.2 Å². The van der Waals surface area contributed by atoms with Crippen molar-refractivity contribution in [2.75, 3.05) is 131 Å². The van der Waals surface area contributed by atoms with Crippen LogP contribution in [0.2, 0.25) is 0 Å². The number of phenols is 1. The van der Waals surface area contributed by atoms with Gasteiger partial charge in [-0.25, -0.2) is 19.3 Å². The van der Waals surface area contributed by atoms with Crippen LogP contribution in [0.1, 0.15) is 165 Å². The number of amides is 3. The van der Waals surface area contributed by atoms with Crippen molar-refractivity contribution in [3.63, 3.8) is 0 Å². The lowest BCUT2D eigenvalue weighted by Crippen LogP contribution is -2.47. The van der Waals surface area contributed by atoms with Gasteiger partial charge in [-0.3, -0.25) is 38.5 Å². The summed E-state index contributed by atoms with van der Waals surface area (Å²) in [5.74, 6) is -0.630. The smallest absolute Gasteiger partial charge is 0.508 e. The van der Waals surface area contributed by atoms with Crippen molar-refractivity contribution in [1.29, 1.82) is 0 Å². The molecule has 5 aromatic rings. The molecule has 4 aliphatic rings. The van der Waals surface area contributed by atoms with Gasteiger partial charge >= 0.3 is 12.1 Å². The highest BCUT2D eigenvalue weighted by Crippen LogP contribution is 2.43. The van der Waals surface area contributed by atoms with E-state index in [1.165, 1.54) is 4.90 Å². The lowest BCUT2D eigenvalue weighted by Gasteiger charge is -2.35. The molecular weight excluding hydrogens is 1410 g/mol. The van der Waals surface area contributed by atoms with Gasteiger partial charge in [-0.2, -0.15) is 0 Å². The highest BCUT2D eigenvalue weighted by Gasteiger charge is 2.51. The van der Waals surface area contributed by atoms with Crippen molar-refractivity contribution >= 4 is 63.8 Å². The van der Waals surface area contributed by atoms with Crippen LogP contribution in [-0.2, 0) is 135 Å². The van der Waals surface area contributed by atoms with E-state index in [1.54, 1.807) is 78.6 Å². The number of aromatic hydroxyl groups is 1. The Morgan fingerprint density at radius 3 is 1.93 bits per heavy atom. The molecule has 2 aromatic carbocycles. The van der Waals surface area contributed by atoms with Crippen LogP contribution in [0.15, 0.2) is 59.5 Å². The van der Waals surface area contributed by atoms with Gasteiger partial charge in [0.15, 0.2) is 11.6 Å². The molecule has 1 aliphatic carbocycles. The van der Waals surface area contributed by atoms with E-state index in [9.17, 15) is 48.3 Å². The van der Waals surface area contributed by atoms with Crippen molar-refractivity contribution < 1.29 is 100 Å². The van der Waals surface area contributed by atoms with Crippen molar-refractivity contribution in [2.24, 2.45) is 23.7 Å². The number of hydrogen-bond acceptors (Lipinski definition) is 25. The van der Waals surface area contributed by atoms with Crippen molar-refractivity contribution in [3.8, 4) is 17.1 Å². The fourth-order valence-electron chi connectivity index (χ4n) is 13.4. The summed E-state index contributed by atoms with van der Waals surface area (Å²) in [7, 11) is 0. The number of nitrogens with zero attached hydrogens (tertiary/aromatic N) is 6. The van der Waals surface area contributed by atoms with Crippen LogP contribution < -0.4 is 10.9 Å². The van der Waals surface area contributed by atoms with E-state index in [1.807, 2.05) is 20.0 Å². The van der Waals surface area contributed by atoms with Gasteiger partial charge < -0.3 is 71.8 Å². The Labute approximate surface area is 637 Å². The van der Waals surface area contributed by atoms with Gasteiger partial charge in [-0.05, 0) is 105 Å². The zero-order chi connectivity index (χ0) is 77.9. The Balaban J connectivity index is 0.000000279. The number of pyridine rings is 2. The van der Waals surface area contributed by atoms with E-state index in [2.05, 4.69) is 22.6 Å². The number of Topliss-reactive ketones (excluding diaryl/α,β-unsaturated/α-hetero) is 3. The minimum atomic E-state index is -1.90. The van der Waals surface area contributed by atoms with Gasteiger partial charge in [0.05, 0.1) is 140 Å². The summed E-state index contributed by atoms with van der Waals surface area (Å²) in [6.45, 7) is 19.5. The summed E-state index contributed by atoms with van der Waals surface area (Å²) in [6, 6.07) is 13.6. The molecule has 0 radical (unpaired) electrons. The first-order valence-corrected chi connectivity index (χ1v) is 38.7. The highest BCUT2D eigenvalue weighted by atomic mass is 16.7. The number of likely N-dealkylation sites (tertiary alicyclic amines) is 1. The van der Waals surface area contributed by atoms with Crippen LogP contribution in [0.4, 0.5) is 10.5 Å². The van der Waals surface area contributed by atoms with Crippen LogP contribution in [0, 0.1) is 23.7 Å². The number of cyclic esters (lactones) is 1. The second kappa shape index (κ2) is 45.8. The van der Waals surface area contributed by atoms with Crippen LogP contribution in [0.5, 0.6) is 5.75 Å². The van der Waals surface area contributed by atoms with Gasteiger partial charge in [0.2, 0.25) is 23.3 Å². The summed E-state index contributed by atoms with van der Waals surface area (Å²) in [6.07, 6.45) is 11.5. The van der Waals surface area contributed by atoms with E-state index >= 15 is 0 Å². The van der Waals surface area contributed by atoms with Crippen molar-refractivity contribution in [1.82, 2.24) is 29.4 Å². The number of fused-ring (bicyclic) bond motifs is 5. The minimum Gasteiger partial charge on any atom is -0.508 e. The summed E-state index contributed by atoms with van der Waals surface area (Å²) < 4.78 is 69.1. The molecule has 3 aliphatic heterocycles. The molecule has 3 aromatic heterocycles. The van der Waals surface area contributed by atoms with E-state index in [-0.39, 0.29) is 121 Å². The number of anilines is 1. The minimum absolute atomic E-state index is 0.000415. The normalized spacial score (nSPS) is 17.5. The number of phenolic OH excluding ortho intramolecular Hbond substituents is 1. The van der Waals surface area contributed by atoms with E-state index in [4.69, 9.17) is 61.8 Å². The van der Waals surface area contributed by atoms with Gasteiger partial charge in [-0.15, -0.1) is 5.10 Å². The number of nitrogens with one attached hydrogen (secondary N) is 1. The summed E-state index contributed by atoms with van der Waals surface area (Å²) >= 11 is 0. The molecule has 0 spiro atoms. The fourth-order valence-corrected chi connectivity index (χ4v) is 13.4. The number of rotatable bonds is 50. The molecule has 2 N–H and O–H groups in total. The molecule has 109 heavy (non-hydrogen) atoms. The molecule has 6 heterocycles. The Hall–Kier alpha value is -8.26. The first-order valence-electron chi connectivity index (χ1n) is 38.7. The highest BCUT2D eigenvalue weighted by molar-refractivity contribution is 6.03. The SMILES string of the molecule is CCC(=O)COCC(=O)CCCOCCOCCOCCOCCOCCOCCOCCOCCn1cc(CCC(=O)C2CCC(CN3C(=O)CC(C)C3=O)CC2)nn1.CCCCCC(C)C(=O)Nc1ccc(COC(=O)OC2(CC)C(=O)OCc3c2cc2n(c3=O)Cc3c-2nc2ccc(O)cc2c3CC)cc1. The van der Waals surface area contributed by atoms with Crippen LogP contribution >= 0.6 is 0 Å². The molecule has 598 valence electrons. The molecule has 29 nitrogen and oxygen atoms in total. The molecule has 3 amide bonds. The average Bonchev–Trinajstić information content (AvgIpc) is 1.63. The van der Waals surface area contributed by atoms with Crippen molar-refractivity contribution in [3.05, 3.63) is 98.6 Å². The number of aryl methyl sites for hydroxylation is 2. The molecule has 1 saturated heterocycles. The van der Waals surface area contributed by atoms with E-state index in [0.717, 1.165) is 73.6 Å². The Kier molecular flexibility index (Phi) is 36.3. The maximum absolute atomic E-state index is 13.9. The zero-order valence-corrected chi connectivity index (χ0v) is 64.3. The maximum Gasteiger partial charge on any atom is 0.510 e. The maximum atomic E-state index is 13.9. The van der Waals surface area contributed by atoms with E-state index in [0.29, 0.717) is 192 Å². The fraction of sp³-hybridized carbons (Fsp3) is 0.625. The number of benzene rings is 2. The number of carbonyl (C=O) groups excluding carboxylic acids is 8. The lowest BCUT2D eigenvalue weighted by atomic mass is 9.79. The Bertz CT molecular complexity index is 3830. The van der Waals surface area contributed by atoms with Gasteiger partial charge in [0, 0.05) is 91.4 Å². The number of imide groups is 1. The summed E-state index contributed by atoms with van der Waals surface area (Å²) in [4.78, 5) is 119. The molecular formula is C80H111N7O22. The summed E-state index contributed by atoms with van der Waals surface area (Å²) in [5, 5.41) is 22.2. The first-order chi connectivity index (χ1) is 52.9. The molecule has 29 heteroatoms. The molecule has 3 unspecified atom stereocenters. The molecule has 0 bridgehead atoms. The van der Waals surface area contributed by atoms with Crippen LogP contribution in [0.25, 0.3) is 22.3 Å². The monoisotopic (exact) mass is 1520 g/mol. The Morgan fingerprint density at radius 2 is 1.33 bits per heavy atom. The second-order valence-electron chi connectivity index (χ2n) is 27.8. The first kappa shape index (κ1) is 86.3. The quantitative estimate of drug-likeness (QED) is 0.0204. The number of ketones is 3. The van der Waals surface area contributed by atoms with E-state index < -0.39 is 17.7 Å². The number of unbranched alkanes of at least 4 members (excludes halogenated alkanes) is 2. The molecule has 2 fully saturated rings. The average molecular weight is 1520 g/mol. The standard InChI is InChI=1S/C42H70N4O14.C38H41N3O8/c1-3-38(47)32-60-33-39(48)5-4-13-52-15-17-54-19-21-56-23-25-58-27-28-59-26-24-57-22-20-55-18-16-53-14-12-45-31-37(43-44-45)10-11-40(49)36-8-6-35(7-9-36)30-46-41(50)29-34(2)42(46)51;1-5-8-9-10-22(4)34(43)39-24-13-11-23(12-14-24)20-48-37(46)49-38(7-3)30-18-32-33-28(19-41(32)35(44)29(30)21-47-36(38)45)26(6-2)27-17-25(42)15-16-31(27)40-33/h31,34-36H,3-30,32-33H2,1-2H3;11-18,22,42H,5-10,19-21H2,1-4H3,(H,39,43). The number of hydrogen-bond donors (Lipinski definition) is 2. The molecule has 9 rings (SSSR count). The number of carbonyl (C=O) groups is 8. The van der Waals surface area contributed by atoms with Gasteiger partial charge in [0.25, 0.3) is 5.56 Å². The largest absolute Gasteiger partial charge is 0.510 e. The molecule has 1 saturated carbocycles. The number of aromatic nitrogens is 5. The zero-order valence-electron chi connectivity index (χ0n) is 64.3. The predicted octanol–water partition coefficient (Wildman–Crippen LogP) is 9.32. The Morgan fingerprint density at radius 1 is 0.706 bits per heavy atom. The second-order valence-corrected chi connectivity index (χ2v) is 27.8. The predicted molar refractivity (Wildman–Crippen MR) is 399 cm³/mol. The topological polar surface area (TPSA) is 348 Å². The molecule has 3 atom stereocenters. The number of ether oxygens (including phenoxy) is 12. The van der Waals surface area contributed by atoms with Crippen LogP contribution in [0.3, 0.4) is 0 Å². The third-order valence-electron chi connectivity index (χ3n) is 19.8. The lowest BCUT2D eigenvalue weighted by molar-refractivity contribution is -0.175. The number of esters is 1. The van der Waals surface area contributed by atoms with Crippen molar-refractivity contribution in [2.45, 2.75) is 176 Å². The summed E-state index contributed by atoms with van der Waals surface area (Å²) in [5.41, 5.74) is 3.90. The third-order valence-corrected chi connectivity index (χ3v) is 19.8.